The first kappa shape index (κ1) is 38.0. The van der Waals surface area contributed by atoms with E-state index in [1.807, 2.05) is 0 Å². The maximum atomic E-state index is 14.2. The number of nitrogens with one attached hydrogen (secondary N) is 1. The monoisotopic (exact) mass is 589 g/mol. The second-order valence-corrected chi connectivity index (χ2v) is 16.0. The van der Waals surface area contributed by atoms with Gasteiger partial charge in [0.05, 0.1) is 12.0 Å². The second-order valence-electron chi connectivity index (χ2n) is 15.6. The topological polar surface area (TPSA) is 38.3 Å². The fraction of sp³-hybridized carbons (Fsp3) is 0.811. The number of hydrogen-bond donors (Lipinski definition) is 2. The van der Waals surface area contributed by atoms with Crippen molar-refractivity contribution in [1.82, 2.24) is 5.32 Å². The molecule has 1 aromatic rings. The smallest absolute Gasteiger partial charge is 0.312 e. The highest BCUT2D eigenvalue weighted by atomic mass is 32.1. The van der Waals surface area contributed by atoms with Gasteiger partial charge in [-0.05, 0) is 83.9 Å². The van der Waals surface area contributed by atoms with E-state index in [1.165, 1.54) is 30.4 Å². The number of carbonyl (C=O) groups excluding carboxylic acids is 1. The van der Waals surface area contributed by atoms with E-state index < -0.39 is 5.41 Å². The molecule has 0 amide bonds. The van der Waals surface area contributed by atoms with Gasteiger partial charge >= 0.3 is 5.97 Å². The molecule has 0 aromatic heterocycles. The number of benzene rings is 1. The Kier molecular flexibility index (Phi) is 14.5. The number of unbranched alkanes of at least 4 members (excludes halogenated alkanes) is 1. The maximum absolute atomic E-state index is 14.2. The van der Waals surface area contributed by atoms with Crippen LogP contribution >= 0.6 is 12.6 Å². The molecule has 0 saturated heterocycles. The van der Waals surface area contributed by atoms with Crippen molar-refractivity contribution in [2.24, 2.45) is 33.0 Å². The molecule has 0 aliphatic rings. The van der Waals surface area contributed by atoms with E-state index in [9.17, 15) is 4.79 Å². The van der Waals surface area contributed by atoms with Crippen LogP contribution in [0, 0.1) is 33.0 Å². The molecule has 3 atom stereocenters. The molecule has 1 aromatic carbocycles. The van der Waals surface area contributed by atoms with E-state index in [0.29, 0.717) is 12.5 Å². The summed E-state index contributed by atoms with van der Waals surface area (Å²) in [5.74, 6) is 1.54. The third-order valence-electron chi connectivity index (χ3n) is 11.4. The lowest BCUT2D eigenvalue weighted by Gasteiger charge is -2.60. The Morgan fingerprint density at radius 1 is 0.878 bits per heavy atom. The van der Waals surface area contributed by atoms with Crippen molar-refractivity contribution >= 4 is 18.6 Å². The van der Waals surface area contributed by atoms with Crippen molar-refractivity contribution in [3.05, 3.63) is 35.4 Å². The molecular formula is C37H67NO2S. The molecule has 1 rings (SSSR count). The zero-order valence-corrected chi connectivity index (χ0v) is 30.2. The Bertz CT molecular complexity index is 912. The van der Waals surface area contributed by atoms with E-state index >= 15 is 0 Å². The molecule has 0 heterocycles. The Morgan fingerprint density at radius 2 is 1.46 bits per heavy atom. The minimum atomic E-state index is -0.707. The lowest BCUT2D eigenvalue weighted by atomic mass is 9.43. The average molecular weight is 590 g/mol. The van der Waals surface area contributed by atoms with Gasteiger partial charge in [0.2, 0.25) is 0 Å². The molecule has 0 spiro atoms. The SMILES string of the molecule is CCCCC(C)C(C)(C)CC(c1ccc(CS)cc1)C(C)(C)C(C)(C)C(C)(C(=O)OCCCNCCC)C(C)(C)C. The van der Waals surface area contributed by atoms with Gasteiger partial charge in [0.1, 0.15) is 0 Å². The first-order valence-electron chi connectivity index (χ1n) is 16.4. The third kappa shape index (κ3) is 9.01. The fourth-order valence-electron chi connectivity index (χ4n) is 6.66. The molecule has 0 radical (unpaired) electrons. The summed E-state index contributed by atoms with van der Waals surface area (Å²) >= 11 is 4.52. The number of rotatable bonds is 18. The van der Waals surface area contributed by atoms with Gasteiger partial charge < -0.3 is 10.1 Å². The summed E-state index contributed by atoms with van der Waals surface area (Å²) < 4.78 is 6.11. The zero-order valence-electron chi connectivity index (χ0n) is 29.3. The molecular weight excluding hydrogens is 522 g/mol. The predicted molar refractivity (Wildman–Crippen MR) is 183 cm³/mol. The van der Waals surface area contributed by atoms with Crippen LogP contribution in [0.5, 0.6) is 0 Å². The molecule has 0 saturated carbocycles. The van der Waals surface area contributed by atoms with Gasteiger partial charge in [-0.15, -0.1) is 0 Å². The molecule has 3 unspecified atom stereocenters. The van der Waals surface area contributed by atoms with Gasteiger partial charge in [-0.25, -0.2) is 0 Å². The largest absolute Gasteiger partial charge is 0.465 e. The number of thiol groups is 1. The summed E-state index contributed by atoms with van der Waals surface area (Å²) in [5, 5.41) is 3.42. The minimum Gasteiger partial charge on any atom is -0.465 e. The van der Waals surface area contributed by atoms with Crippen molar-refractivity contribution in [3.63, 3.8) is 0 Å². The van der Waals surface area contributed by atoms with Gasteiger partial charge in [0.25, 0.3) is 0 Å². The molecule has 0 fully saturated rings. The van der Waals surface area contributed by atoms with Gasteiger partial charge in [-0.1, -0.05) is 127 Å². The zero-order chi connectivity index (χ0) is 31.7. The van der Waals surface area contributed by atoms with Crippen LogP contribution < -0.4 is 5.32 Å². The van der Waals surface area contributed by atoms with Crippen LogP contribution in [0.15, 0.2) is 24.3 Å². The summed E-state index contributed by atoms with van der Waals surface area (Å²) in [6.07, 6.45) is 6.75. The van der Waals surface area contributed by atoms with Gasteiger partial charge in [-0.3, -0.25) is 4.79 Å². The molecule has 4 heteroatoms. The van der Waals surface area contributed by atoms with E-state index in [4.69, 9.17) is 4.74 Å². The first-order chi connectivity index (χ1) is 18.8. The number of esters is 1. The molecule has 0 bridgehead atoms. The van der Waals surface area contributed by atoms with Crippen molar-refractivity contribution in [1.29, 1.82) is 0 Å². The highest BCUT2D eigenvalue weighted by Gasteiger charge is 2.62. The van der Waals surface area contributed by atoms with Crippen molar-refractivity contribution in [2.75, 3.05) is 19.7 Å². The molecule has 238 valence electrons. The van der Waals surface area contributed by atoms with Crippen molar-refractivity contribution in [3.8, 4) is 0 Å². The fourth-order valence-corrected chi connectivity index (χ4v) is 6.87. The Balaban J connectivity index is 3.58. The number of ether oxygens (including phenoxy) is 1. The van der Waals surface area contributed by atoms with E-state index in [1.54, 1.807) is 0 Å². The van der Waals surface area contributed by atoms with Gasteiger partial charge in [0.15, 0.2) is 0 Å². The number of hydrogen-bond acceptors (Lipinski definition) is 4. The minimum absolute atomic E-state index is 0.0710. The van der Waals surface area contributed by atoms with Crippen LogP contribution in [0.25, 0.3) is 0 Å². The Morgan fingerprint density at radius 3 is 1.95 bits per heavy atom. The highest BCUT2D eigenvalue weighted by molar-refractivity contribution is 7.79. The third-order valence-corrected chi connectivity index (χ3v) is 11.8. The summed E-state index contributed by atoms with van der Waals surface area (Å²) in [5.41, 5.74) is 1.14. The summed E-state index contributed by atoms with van der Waals surface area (Å²) in [6.45, 7) is 32.4. The molecule has 1 N–H and O–H groups in total. The second kappa shape index (κ2) is 15.6. The van der Waals surface area contributed by atoms with Crippen LogP contribution in [0.3, 0.4) is 0 Å². The highest BCUT2D eigenvalue weighted by Crippen LogP contribution is 2.65. The average Bonchev–Trinajstić information content (AvgIpc) is 2.90. The van der Waals surface area contributed by atoms with Crippen molar-refractivity contribution < 1.29 is 9.53 Å². The Labute approximate surface area is 261 Å². The van der Waals surface area contributed by atoms with E-state index in [2.05, 4.69) is 132 Å². The van der Waals surface area contributed by atoms with Crippen LogP contribution in [-0.4, -0.2) is 25.7 Å². The lowest BCUT2D eigenvalue weighted by Crippen LogP contribution is -2.59. The quantitative estimate of drug-likeness (QED) is 0.102. The van der Waals surface area contributed by atoms with E-state index in [0.717, 1.165) is 38.1 Å². The van der Waals surface area contributed by atoms with Gasteiger partial charge in [0, 0.05) is 5.75 Å². The lowest BCUT2D eigenvalue weighted by molar-refractivity contribution is -0.187. The number of carbonyl (C=O) groups is 1. The molecule has 3 nitrogen and oxygen atoms in total. The van der Waals surface area contributed by atoms with Crippen molar-refractivity contribution in [2.45, 2.75) is 140 Å². The van der Waals surface area contributed by atoms with Crippen LogP contribution in [0.1, 0.15) is 146 Å². The molecule has 41 heavy (non-hydrogen) atoms. The summed E-state index contributed by atoms with van der Waals surface area (Å²) in [6, 6.07) is 9.10. The maximum Gasteiger partial charge on any atom is 0.312 e. The predicted octanol–water partition coefficient (Wildman–Crippen LogP) is 10.5. The van der Waals surface area contributed by atoms with Crippen LogP contribution in [-0.2, 0) is 15.3 Å². The molecule has 0 aliphatic carbocycles. The standard InChI is InChI=1S/C37H67NO2S/c1-14-16-18-28(3)34(7,8)26-31(30-21-19-29(27-41)20-22-30)35(9,10)36(11,12)37(13,33(4,5)6)32(39)40-25-17-24-38-23-15-2/h19-22,28,31,38,41H,14-18,23-27H2,1-13H3. The summed E-state index contributed by atoms with van der Waals surface area (Å²) in [7, 11) is 0. The van der Waals surface area contributed by atoms with E-state index in [-0.39, 0.29) is 33.5 Å². The summed E-state index contributed by atoms with van der Waals surface area (Å²) in [4.78, 5) is 14.2. The Hall–Kier alpha value is -1.00. The van der Waals surface area contributed by atoms with Crippen LogP contribution in [0.2, 0.25) is 0 Å². The molecule has 0 aliphatic heterocycles. The van der Waals surface area contributed by atoms with Gasteiger partial charge in [-0.2, -0.15) is 12.6 Å². The van der Waals surface area contributed by atoms with Crippen LogP contribution in [0.4, 0.5) is 0 Å². The first-order valence-corrected chi connectivity index (χ1v) is 17.1. The normalized spacial score (nSPS) is 16.2.